The Bertz CT molecular complexity index is 491. The quantitative estimate of drug-likeness (QED) is 0.830. The molecule has 108 valence electrons. The largest absolute Gasteiger partial charge is 0.384 e. The van der Waals surface area contributed by atoms with Crippen LogP contribution in [0.2, 0.25) is 0 Å². The number of hydrogen-bond donors (Lipinski definition) is 1. The van der Waals surface area contributed by atoms with E-state index in [9.17, 15) is 4.79 Å². The van der Waals surface area contributed by atoms with Gasteiger partial charge in [0, 0.05) is 25.3 Å². The summed E-state index contributed by atoms with van der Waals surface area (Å²) in [5.41, 5.74) is 2.69. The van der Waals surface area contributed by atoms with Gasteiger partial charge in [-0.25, -0.2) is 0 Å². The molecule has 0 aliphatic heterocycles. The number of anilines is 1. The highest BCUT2D eigenvalue weighted by Crippen LogP contribution is 2.20. The van der Waals surface area contributed by atoms with Crippen molar-refractivity contribution in [1.29, 1.82) is 5.26 Å². The number of carbonyl (C=O) groups is 1. The van der Waals surface area contributed by atoms with Crippen molar-refractivity contribution in [2.45, 2.75) is 33.6 Å². The molecule has 20 heavy (non-hydrogen) atoms. The van der Waals surface area contributed by atoms with Gasteiger partial charge in [0.2, 0.25) is 0 Å². The minimum atomic E-state index is -0.0126. The zero-order chi connectivity index (χ0) is 15.0. The predicted molar refractivity (Wildman–Crippen MR) is 81.8 cm³/mol. The van der Waals surface area contributed by atoms with Crippen molar-refractivity contribution in [3.05, 3.63) is 29.3 Å². The smallest absolute Gasteiger partial charge is 0.255 e. The maximum Gasteiger partial charge on any atom is 0.255 e. The maximum absolute atomic E-state index is 12.6. The van der Waals surface area contributed by atoms with Crippen LogP contribution in [0.5, 0.6) is 0 Å². The van der Waals surface area contributed by atoms with E-state index in [1.54, 1.807) is 4.90 Å². The van der Waals surface area contributed by atoms with E-state index >= 15 is 0 Å². The van der Waals surface area contributed by atoms with E-state index in [2.05, 4.69) is 18.3 Å². The molecule has 0 unspecified atom stereocenters. The first-order valence-electron chi connectivity index (χ1n) is 7.14. The summed E-state index contributed by atoms with van der Waals surface area (Å²) in [6, 6.07) is 7.90. The Morgan fingerprint density at radius 3 is 2.75 bits per heavy atom. The average molecular weight is 273 g/mol. The van der Waals surface area contributed by atoms with Crippen LogP contribution >= 0.6 is 0 Å². The molecule has 0 saturated heterocycles. The molecule has 0 aromatic heterocycles. The molecular weight excluding hydrogens is 250 g/mol. The Labute approximate surface area is 121 Å². The molecule has 4 nitrogen and oxygen atoms in total. The SMILES string of the molecule is CCCNc1cc(C)ccc1C(=O)N(CC)CCC#N. The first kappa shape index (κ1) is 16.0. The minimum absolute atomic E-state index is 0.0126. The lowest BCUT2D eigenvalue weighted by Gasteiger charge is -2.21. The molecule has 0 atom stereocenters. The number of carbonyl (C=O) groups excluding carboxylic acids is 1. The van der Waals surface area contributed by atoms with Crippen LogP contribution in [0, 0.1) is 18.3 Å². The fourth-order valence-corrected chi connectivity index (χ4v) is 2.01. The van der Waals surface area contributed by atoms with Gasteiger partial charge >= 0.3 is 0 Å². The molecular formula is C16H23N3O. The number of nitrogens with zero attached hydrogens (tertiary/aromatic N) is 2. The Kier molecular flexibility index (Phi) is 6.58. The van der Waals surface area contributed by atoms with Crippen molar-refractivity contribution in [1.82, 2.24) is 4.90 Å². The average Bonchev–Trinajstić information content (AvgIpc) is 2.45. The molecule has 0 saturated carbocycles. The molecule has 1 aromatic carbocycles. The fraction of sp³-hybridized carbons (Fsp3) is 0.500. The first-order chi connectivity index (χ1) is 9.63. The highest BCUT2D eigenvalue weighted by Gasteiger charge is 2.17. The number of nitrogens with one attached hydrogen (secondary N) is 1. The van der Waals surface area contributed by atoms with Crippen molar-refractivity contribution >= 4 is 11.6 Å². The highest BCUT2D eigenvalue weighted by molar-refractivity contribution is 5.99. The molecule has 0 radical (unpaired) electrons. The van der Waals surface area contributed by atoms with Crippen molar-refractivity contribution in [3.63, 3.8) is 0 Å². The van der Waals surface area contributed by atoms with E-state index in [1.807, 2.05) is 32.0 Å². The summed E-state index contributed by atoms with van der Waals surface area (Å²) in [4.78, 5) is 14.3. The molecule has 1 amide bonds. The van der Waals surface area contributed by atoms with E-state index < -0.39 is 0 Å². The summed E-state index contributed by atoms with van der Waals surface area (Å²) in [6.07, 6.45) is 1.37. The van der Waals surface area contributed by atoms with Gasteiger partial charge < -0.3 is 10.2 Å². The zero-order valence-electron chi connectivity index (χ0n) is 12.6. The van der Waals surface area contributed by atoms with Gasteiger partial charge in [-0.3, -0.25) is 4.79 Å². The Morgan fingerprint density at radius 1 is 1.40 bits per heavy atom. The number of aryl methyl sites for hydroxylation is 1. The second-order valence-corrected chi connectivity index (χ2v) is 4.77. The van der Waals surface area contributed by atoms with Crippen LogP contribution in [0.25, 0.3) is 0 Å². The number of benzene rings is 1. The van der Waals surface area contributed by atoms with Crippen molar-refractivity contribution in [2.75, 3.05) is 25.0 Å². The Morgan fingerprint density at radius 2 is 2.15 bits per heavy atom. The van der Waals surface area contributed by atoms with E-state index in [1.165, 1.54) is 0 Å². The summed E-state index contributed by atoms with van der Waals surface area (Å²) < 4.78 is 0. The van der Waals surface area contributed by atoms with Crippen molar-refractivity contribution in [2.24, 2.45) is 0 Å². The summed E-state index contributed by atoms with van der Waals surface area (Å²) in [6.45, 7) is 7.97. The van der Waals surface area contributed by atoms with Gasteiger partial charge in [0.1, 0.15) is 0 Å². The Hall–Kier alpha value is -2.02. The molecule has 4 heteroatoms. The third-order valence-corrected chi connectivity index (χ3v) is 3.13. The van der Waals surface area contributed by atoms with Crippen LogP contribution < -0.4 is 5.32 Å². The van der Waals surface area contributed by atoms with E-state index in [4.69, 9.17) is 5.26 Å². The lowest BCUT2D eigenvalue weighted by Crippen LogP contribution is -2.32. The number of rotatable bonds is 7. The van der Waals surface area contributed by atoms with Crippen LogP contribution in [-0.4, -0.2) is 30.4 Å². The number of nitriles is 1. The van der Waals surface area contributed by atoms with E-state index in [-0.39, 0.29) is 5.91 Å². The van der Waals surface area contributed by atoms with Gasteiger partial charge in [-0.1, -0.05) is 13.0 Å². The third kappa shape index (κ3) is 4.27. The maximum atomic E-state index is 12.6. The lowest BCUT2D eigenvalue weighted by molar-refractivity contribution is 0.0769. The van der Waals surface area contributed by atoms with E-state index in [0.29, 0.717) is 25.1 Å². The van der Waals surface area contributed by atoms with E-state index in [0.717, 1.165) is 24.2 Å². The molecule has 0 fully saturated rings. The molecule has 1 aromatic rings. The minimum Gasteiger partial charge on any atom is -0.384 e. The van der Waals surface area contributed by atoms with Crippen LogP contribution in [0.4, 0.5) is 5.69 Å². The summed E-state index contributed by atoms with van der Waals surface area (Å²) in [7, 11) is 0. The van der Waals surface area contributed by atoms with Crippen LogP contribution in [0.15, 0.2) is 18.2 Å². The van der Waals surface area contributed by atoms with Crippen LogP contribution in [0.1, 0.15) is 42.6 Å². The Balaban J connectivity index is 2.98. The molecule has 0 spiro atoms. The number of amides is 1. The number of hydrogen-bond acceptors (Lipinski definition) is 3. The summed E-state index contributed by atoms with van der Waals surface area (Å²) in [5, 5.41) is 12.0. The molecule has 0 aliphatic rings. The van der Waals surface area contributed by atoms with Gasteiger partial charge in [-0.15, -0.1) is 0 Å². The summed E-state index contributed by atoms with van der Waals surface area (Å²) in [5.74, 6) is -0.0126. The predicted octanol–water partition coefficient (Wildman–Crippen LogP) is 3.19. The van der Waals surface area contributed by atoms with Crippen LogP contribution in [-0.2, 0) is 0 Å². The fourth-order valence-electron chi connectivity index (χ4n) is 2.01. The van der Waals surface area contributed by atoms with Crippen LogP contribution in [0.3, 0.4) is 0 Å². The first-order valence-corrected chi connectivity index (χ1v) is 7.14. The van der Waals surface area contributed by atoms with Gasteiger partial charge in [0.15, 0.2) is 0 Å². The topological polar surface area (TPSA) is 56.1 Å². The molecule has 1 N–H and O–H groups in total. The highest BCUT2D eigenvalue weighted by atomic mass is 16.2. The molecule has 0 heterocycles. The lowest BCUT2D eigenvalue weighted by atomic mass is 10.1. The monoisotopic (exact) mass is 273 g/mol. The second-order valence-electron chi connectivity index (χ2n) is 4.77. The normalized spacial score (nSPS) is 9.90. The standard InChI is InChI=1S/C16H23N3O/c1-4-10-18-15-12-13(3)7-8-14(15)16(20)19(5-2)11-6-9-17/h7-8,12,18H,4-6,10-11H2,1-3H3. The van der Waals surface area contributed by atoms with Crippen molar-refractivity contribution < 1.29 is 4.79 Å². The molecule has 0 bridgehead atoms. The van der Waals surface area contributed by atoms with Gasteiger partial charge in [0.25, 0.3) is 5.91 Å². The summed E-state index contributed by atoms with van der Waals surface area (Å²) >= 11 is 0. The second kappa shape index (κ2) is 8.21. The van der Waals surface area contributed by atoms with Crippen molar-refractivity contribution in [3.8, 4) is 6.07 Å². The molecule has 1 rings (SSSR count). The zero-order valence-corrected chi connectivity index (χ0v) is 12.6. The van der Waals surface area contributed by atoms with Gasteiger partial charge in [-0.05, 0) is 38.0 Å². The van der Waals surface area contributed by atoms with Gasteiger partial charge in [-0.2, -0.15) is 5.26 Å². The van der Waals surface area contributed by atoms with Gasteiger partial charge in [0.05, 0.1) is 18.1 Å². The molecule has 0 aliphatic carbocycles. The third-order valence-electron chi connectivity index (χ3n) is 3.13.